The number of nitrogens with zero attached hydrogens (tertiary/aromatic N) is 3. The van der Waals surface area contributed by atoms with E-state index in [2.05, 4.69) is 20.4 Å². The van der Waals surface area contributed by atoms with Crippen molar-refractivity contribution in [1.29, 1.82) is 0 Å². The average molecular weight is 321 g/mol. The van der Waals surface area contributed by atoms with Gasteiger partial charge in [-0.25, -0.2) is 4.39 Å². The van der Waals surface area contributed by atoms with E-state index in [1.165, 1.54) is 12.1 Å². The van der Waals surface area contributed by atoms with Crippen LogP contribution in [0.25, 0.3) is 0 Å². The first-order valence-corrected chi connectivity index (χ1v) is 7.80. The largest absolute Gasteiger partial charge is 0.354 e. The topological polar surface area (TPSA) is 41.0 Å². The van der Waals surface area contributed by atoms with Crippen LogP contribution in [0, 0.1) is 5.82 Å². The van der Waals surface area contributed by atoms with Crippen molar-refractivity contribution in [2.45, 2.75) is 25.4 Å². The van der Waals surface area contributed by atoms with Crippen molar-refractivity contribution in [3.63, 3.8) is 0 Å². The molecule has 3 rings (SSSR count). The van der Waals surface area contributed by atoms with E-state index in [4.69, 9.17) is 11.6 Å². The maximum absolute atomic E-state index is 13.1. The lowest BCUT2D eigenvalue weighted by Gasteiger charge is -2.33. The van der Waals surface area contributed by atoms with E-state index >= 15 is 0 Å². The van der Waals surface area contributed by atoms with E-state index in [1.54, 1.807) is 12.3 Å². The zero-order valence-corrected chi connectivity index (χ0v) is 12.9. The Labute approximate surface area is 134 Å². The van der Waals surface area contributed by atoms with E-state index in [0.29, 0.717) is 17.6 Å². The number of hydrogen-bond acceptors (Lipinski definition) is 4. The highest BCUT2D eigenvalue weighted by molar-refractivity contribution is 6.31. The van der Waals surface area contributed by atoms with Gasteiger partial charge in [-0.2, -0.15) is 5.10 Å². The number of nitrogens with one attached hydrogen (secondary N) is 1. The molecular weight excluding hydrogens is 303 g/mol. The third kappa shape index (κ3) is 3.72. The Hall–Kier alpha value is -1.72. The van der Waals surface area contributed by atoms with Gasteiger partial charge in [-0.15, -0.1) is 5.10 Å². The van der Waals surface area contributed by atoms with Gasteiger partial charge in [-0.1, -0.05) is 17.7 Å². The summed E-state index contributed by atoms with van der Waals surface area (Å²) in [7, 11) is 0. The third-order valence-electron chi connectivity index (χ3n) is 3.90. The van der Waals surface area contributed by atoms with Gasteiger partial charge in [0.25, 0.3) is 0 Å². The number of anilines is 1. The van der Waals surface area contributed by atoms with Crippen molar-refractivity contribution < 1.29 is 4.39 Å². The number of aromatic nitrogens is 2. The summed E-state index contributed by atoms with van der Waals surface area (Å²) in [5.74, 6) is 0.606. The second kappa shape index (κ2) is 7.03. The van der Waals surface area contributed by atoms with Gasteiger partial charge in [0.1, 0.15) is 5.82 Å². The first-order chi connectivity index (χ1) is 10.7. The summed E-state index contributed by atoms with van der Waals surface area (Å²) in [4.78, 5) is 2.24. The Morgan fingerprint density at radius 1 is 1.36 bits per heavy atom. The summed E-state index contributed by atoms with van der Waals surface area (Å²) in [6.45, 7) is 2.52. The molecule has 0 bridgehead atoms. The molecule has 0 saturated carbocycles. The molecule has 22 heavy (non-hydrogen) atoms. The molecule has 1 aliphatic rings. The Balaban J connectivity index is 1.59. The second-order valence-corrected chi connectivity index (χ2v) is 5.89. The van der Waals surface area contributed by atoms with E-state index in [0.717, 1.165) is 37.3 Å². The Kier molecular flexibility index (Phi) is 4.85. The number of piperidine rings is 1. The highest BCUT2D eigenvalue weighted by atomic mass is 35.5. The fraction of sp³-hybridized carbons (Fsp3) is 0.375. The molecule has 0 spiro atoms. The quantitative estimate of drug-likeness (QED) is 0.940. The molecule has 0 unspecified atom stereocenters. The molecule has 1 saturated heterocycles. The van der Waals surface area contributed by atoms with Gasteiger partial charge >= 0.3 is 0 Å². The maximum atomic E-state index is 13.1. The molecule has 1 fully saturated rings. The van der Waals surface area contributed by atoms with Crippen LogP contribution in [-0.2, 0) is 6.54 Å². The van der Waals surface area contributed by atoms with E-state index in [9.17, 15) is 4.39 Å². The first kappa shape index (κ1) is 15.2. The zero-order chi connectivity index (χ0) is 15.4. The molecule has 2 aromatic rings. The average Bonchev–Trinajstić information content (AvgIpc) is 2.55. The van der Waals surface area contributed by atoms with Gasteiger partial charge < -0.3 is 10.2 Å². The summed E-state index contributed by atoms with van der Waals surface area (Å²) >= 11 is 6.06. The van der Waals surface area contributed by atoms with Crippen LogP contribution in [-0.4, -0.2) is 29.3 Å². The van der Waals surface area contributed by atoms with Crippen LogP contribution in [0.1, 0.15) is 18.4 Å². The molecule has 4 nitrogen and oxygen atoms in total. The minimum atomic E-state index is -0.305. The summed E-state index contributed by atoms with van der Waals surface area (Å²) in [6.07, 6.45) is 3.89. The molecule has 1 aromatic carbocycles. The lowest BCUT2D eigenvalue weighted by atomic mass is 10.1. The predicted octanol–water partition coefficient (Wildman–Crippen LogP) is 3.03. The number of rotatable bonds is 4. The van der Waals surface area contributed by atoms with Crippen molar-refractivity contribution in [2.75, 3.05) is 18.0 Å². The molecule has 116 valence electrons. The smallest absolute Gasteiger partial charge is 0.151 e. The van der Waals surface area contributed by atoms with E-state index in [1.807, 2.05) is 12.1 Å². The third-order valence-corrected chi connectivity index (χ3v) is 4.25. The molecule has 2 heterocycles. The monoisotopic (exact) mass is 320 g/mol. The lowest BCUT2D eigenvalue weighted by Crippen LogP contribution is -2.45. The standard InChI is InChI=1S/C16H18ClFN4/c17-15-9-13(18)6-5-12(15)10-19-14-3-2-8-22(11-14)16-4-1-7-20-21-16/h1,4-7,9,14,19H,2-3,8,10-11H2/t14-/m0/s1. The summed E-state index contributed by atoms with van der Waals surface area (Å²) in [5, 5.41) is 12.1. The van der Waals surface area contributed by atoms with Gasteiger partial charge in [-0.05, 0) is 42.7 Å². The van der Waals surface area contributed by atoms with Gasteiger partial charge in [0.15, 0.2) is 5.82 Å². The van der Waals surface area contributed by atoms with E-state index < -0.39 is 0 Å². The number of benzene rings is 1. The molecule has 1 aromatic heterocycles. The van der Waals surface area contributed by atoms with Gasteiger partial charge in [0.2, 0.25) is 0 Å². The number of halogens is 2. The SMILES string of the molecule is Fc1ccc(CN[C@H]2CCCN(c3cccnn3)C2)c(Cl)c1. The molecular formula is C16H18ClFN4. The van der Waals surface area contributed by atoms with Gasteiger partial charge in [-0.3, -0.25) is 0 Å². The molecule has 0 aliphatic carbocycles. The number of hydrogen-bond donors (Lipinski definition) is 1. The fourth-order valence-corrected chi connectivity index (χ4v) is 2.97. The van der Waals surface area contributed by atoms with Crippen LogP contribution < -0.4 is 10.2 Å². The van der Waals surface area contributed by atoms with Crippen molar-refractivity contribution in [3.05, 3.63) is 52.9 Å². The minimum Gasteiger partial charge on any atom is -0.354 e. The van der Waals surface area contributed by atoms with Crippen LogP contribution in [0.5, 0.6) is 0 Å². The van der Waals surface area contributed by atoms with Gasteiger partial charge in [0, 0.05) is 36.9 Å². The normalized spacial score (nSPS) is 18.5. The molecule has 6 heteroatoms. The highest BCUT2D eigenvalue weighted by Crippen LogP contribution is 2.19. The molecule has 1 N–H and O–H groups in total. The fourth-order valence-electron chi connectivity index (χ4n) is 2.73. The van der Waals surface area contributed by atoms with Crippen LogP contribution in [0.3, 0.4) is 0 Å². The second-order valence-electron chi connectivity index (χ2n) is 5.48. The lowest BCUT2D eigenvalue weighted by molar-refractivity contribution is 0.419. The van der Waals surface area contributed by atoms with Crippen molar-refractivity contribution in [3.8, 4) is 0 Å². The van der Waals surface area contributed by atoms with Crippen molar-refractivity contribution >= 4 is 17.4 Å². The summed E-state index contributed by atoms with van der Waals surface area (Å²) in [5.41, 5.74) is 0.916. The molecule has 0 amide bonds. The summed E-state index contributed by atoms with van der Waals surface area (Å²) in [6, 6.07) is 8.76. The van der Waals surface area contributed by atoms with Gasteiger partial charge in [0.05, 0.1) is 0 Å². The molecule has 1 aliphatic heterocycles. The summed E-state index contributed by atoms with van der Waals surface area (Å²) < 4.78 is 13.1. The first-order valence-electron chi connectivity index (χ1n) is 7.42. The highest BCUT2D eigenvalue weighted by Gasteiger charge is 2.20. The van der Waals surface area contributed by atoms with Crippen LogP contribution in [0.4, 0.5) is 10.2 Å². The molecule has 1 atom stereocenters. The molecule has 0 radical (unpaired) electrons. The maximum Gasteiger partial charge on any atom is 0.151 e. The zero-order valence-electron chi connectivity index (χ0n) is 12.2. The Morgan fingerprint density at radius 2 is 2.27 bits per heavy atom. The minimum absolute atomic E-state index is 0.305. The van der Waals surface area contributed by atoms with Crippen molar-refractivity contribution in [2.24, 2.45) is 0 Å². The Morgan fingerprint density at radius 3 is 3.05 bits per heavy atom. The Bertz CT molecular complexity index is 623. The van der Waals surface area contributed by atoms with Crippen LogP contribution >= 0.6 is 11.6 Å². The predicted molar refractivity (Wildman–Crippen MR) is 85.5 cm³/mol. The van der Waals surface area contributed by atoms with E-state index in [-0.39, 0.29) is 5.82 Å². The van der Waals surface area contributed by atoms with Crippen LogP contribution in [0.2, 0.25) is 5.02 Å². The van der Waals surface area contributed by atoms with Crippen molar-refractivity contribution in [1.82, 2.24) is 15.5 Å². The van der Waals surface area contributed by atoms with Crippen LogP contribution in [0.15, 0.2) is 36.5 Å².